The molecule has 0 aliphatic carbocycles. The number of aromatic nitrogens is 1. The van der Waals surface area contributed by atoms with Crippen LogP contribution in [0.25, 0.3) is 0 Å². The molecule has 1 unspecified atom stereocenters. The molecule has 0 radical (unpaired) electrons. The smallest absolute Gasteiger partial charge is 0.367 e. The molecule has 16 heavy (non-hydrogen) atoms. The molecule has 6 heteroatoms. The second-order valence-electron chi connectivity index (χ2n) is 3.21. The molecule has 0 aromatic carbocycles. The van der Waals surface area contributed by atoms with Gasteiger partial charge in [-0.05, 0) is 12.1 Å². The van der Waals surface area contributed by atoms with Gasteiger partial charge in [0.1, 0.15) is 0 Å². The van der Waals surface area contributed by atoms with Crippen molar-refractivity contribution in [2.24, 2.45) is 5.73 Å². The van der Waals surface area contributed by atoms with E-state index in [2.05, 4.69) is 9.72 Å². The van der Waals surface area contributed by atoms with E-state index in [1.54, 1.807) is 24.4 Å². The van der Waals surface area contributed by atoms with Gasteiger partial charge in [0.05, 0.1) is 6.61 Å². The topological polar surface area (TPSA) is 48.1 Å². The van der Waals surface area contributed by atoms with Gasteiger partial charge in [0.25, 0.3) is 0 Å². The van der Waals surface area contributed by atoms with Crippen LogP contribution in [0, 0.1) is 0 Å². The van der Waals surface area contributed by atoms with E-state index in [9.17, 15) is 13.2 Å². The van der Waals surface area contributed by atoms with Crippen molar-refractivity contribution in [3.05, 3.63) is 30.1 Å². The monoisotopic (exact) mass is 234 g/mol. The maximum absolute atomic E-state index is 12.2. The van der Waals surface area contributed by atoms with Gasteiger partial charge in [0, 0.05) is 24.9 Å². The molecule has 3 nitrogen and oxygen atoms in total. The molecule has 0 saturated heterocycles. The number of nitrogens with zero attached hydrogens (tertiary/aromatic N) is 1. The Labute approximate surface area is 91.4 Å². The number of ether oxygens (including phenoxy) is 1. The van der Waals surface area contributed by atoms with E-state index in [-0.39, 0.29) is 6.61 Å². The number of pyridine rings is 1. The fourth-order valence-corrected chi connectivity index (χ4v) is 1.15. The highest BCUT2D eigenvalue weighted by atomic mass is 19.4. The third kappa shape index (κ3) is 4.16. The number of rotatable bonds is 5. The van der Waals surface area contributed by atoms with Gasteiger partial charge in [-0.1, -0.05) is 6.07 Å². The van der Waals surface area contributed by atoms with Crippen LogP contribution in [-0.2, 0) is 11.2 Å². The van der Waals surface area contributed by atoms with Crippen LogP contribution < -0.4 is 5.73 Å². The SMILES string of the molecule is NCC(OCCc1ccccn1)C(F)(F)F. The van der Waals surface area contributed by atoms with Gasteiger partial charge < -0.3 is 10.5 Å². The number of hydrogen-bond donors (Lipinski definition) is 1. The lowest BCUT2D eigenvalue weighted by molar-refractivity contribution is -0.216. The van der Waals surface area contributed by atoms with Crippen LogP contribution in [0.5, 0.6) is 0 Å². The first kappa shape index (κ1) is 12.9. The predicted molar refractivity (Wildman–Crippen MR) is 52.8 cm³/mol. The molecule has 1 atom stereocenters. The van der Waals surface area contributed by atoms with Gasteiger partial charge in [-0.3, -0.25) is 4.98 Å². The summed E-state index contributed by atoms with van der Waals surface area (Å²) in [6.07, 6.45) is -4.37. The lowest BCUT2D eigenvalue weighted by Gasteiger charge is -2.18. The second-order valence-corrected chi connectivity index (χ2v) is 3.21. The zero-order chi connectivity index (χ0) is 12.0. The van der Waals surface area contributed by atoms with Crippen molar-refractivity contribution >= 4 is 0 Å². The molecule has 0 saturated carbocycles. The second kappa shape index (κ2) is 5.81. The molecular formula is C10H13F3N2O. The predicted octanol–water partition coefficient (Wildman–Crippen LogP) is 1.53. The summed E-state index contributed by atoms with van der Waals surface area (Å²) >= 11 is 0. The van der Waals surface area contributed by atoms with Gasteiger partial charge in [-0.2, -0.15) is 13.2 Å². The molecule has 0 aliphatic heterocycles. The molecule has 1 rings (SSSR count). The highest BCUT2D eigenvalue weighted by Crippen LogP contribution is 2.22. The van der Waals surface area contributed by atoms with Crippen LogP contribution in [0.15, 0.2) is 24.4 Å². The van der Waals surface area contributed by atoms with Crippen molar-refractivity contribution in [3.63, 3.8) is 0 Å². The van der Waals surface area contributed by atoms with Gasteiger partial charge in [0.2, 0.25) is 0 Å². The van der Waals surface area contributed by atoms with Crippen LogP contribution in [0.4, 0.5) is 13.2 Å². The summed E-state index contributed by atoms with van der Waals surface area (Å²) in [5, 5.41) is 0. The first-order valence-corrected chi connectivity index (χ1v) is 4.82. The first-order valence-electron chi connectivity index (χ1n) is 4.82. The maximum Gasteiger partial charge on any atom is 0.415 e. The van der Waals surface area contributed by atoms with E-state index in [4.69, 9.17) is 5.73 Å². The first-order chi connectivity index (χ1) is 7.54. The third-order valence-electron chi connectivity index (χ3n) is 1.98. The van der Waals surface area contributed by atoms with Gasteiger partial charge >= 0.3 is 6.18 Å². The van der Waals surface area contributed by atoms with E-state index >= 15 is 0 Å². The average molecular weight is 234 g/mol. The number of halogens is 3. The summed E-state index contributed by atoms with van der Waals surface area (Å²) in [6.45, 7) is -0.607. The van der Waals surface area contributed by atoms with E-state index in [1.807, 2.05) is 0 Å². The van der Waals surface area contributed by atoms with Crippen LogP contribution >= 0.6 is 0 Å². The Bertz CT molecular complexity index is 303. The molecule has 0 bridgehead atoms. The Morgan fingerprint density at radius 3 is 2.62 bits per heavy atom. The molecule has 90 valence electrons. The highest BCUT2D eigenvalue weighted by molar-refractivity contribution is 5.03. The molecule has 1 aromatic rings. The summed E-state index contributed by atoms with van der Waals surface area (Å²) in [6, 6.07) is 5.24. The maximum atomic E-state index is 12.2. The third-order valence-corrected chi connectivity index (χ3v) is 1.98. The summed E-state index contributed by atoms with van der Waals surface area (Å²) in [4.78, 5) is 3.97. The van der Waals surface area contributed by atoms with Crippen molar-refractivity contribution in [2.75, 3.05) is 13.2 Å². The summed E-state index contributed by atoms with van der Waals surface area (Å²) in [7, 11) is 0. The van der Waals surface area contributed by atoms with E-state index in [0.717, 1.165) is 0 Å². The highest BCUT2D eigenvalue weighted by Gasteiger charge is 2.39. The van der Waals surface area contributed by atoms with Crippen LogP contribution in [0.2, 0.25) is 0 Å². The van der Waals surface area contributed by atoms with Crippen molar-refractivity contribution in [1.82, 2.24) is 4.98 Å². The molecule has 1 heterocycles. The van der Waals surface area contributed by atoms with Crippen LogP contribution in [0.1, 0.15) is 5.69 Å². The van der Waals surface area contributed by atoms with Crippen molar-refractivity contribution in [3.8, 4) is 0 Å². The van der Waals surface area contributed by atoms with Crippen molar-refractivity contribution in [1.29, 1.82) is 0 Å². The molecular weight excluding hydrogens is 221 g/mol. The fraction of sp³-hybridized carbons (Fsp3) is 0.500. The van der Waals surface area contributed by atoms with Gasteiger partial charge in [-0.15, -0.1) is 0 Å². The Kier molecular flexibility index (Phi) is 4.70. The quantitative estimate of drug-likeness (QED) is 0.840. The summed E-state index contributed by atoms with van der Waals surface area (Å²) < 4.78 is 41.3. The number of alkyl halides is 3. The minimum atomic E-state index is -4.40. The zero-order valence-corrected chi connectivity index (χ0v) is 8.57. The summed E-state index contributed by atoms with van der Waals surface area (Å²) in [5.41, 5.74) is 5.67. The summed E-state index contributed by atoms with van der Waals surface area (Å²) in [5.74, 6) is 0. The van der Waals surface area contributed by atoms with Crippen LogP contribution in [-0.4, -0.2) is 30.4 Å². The largest absolute Gasteiger partial charge is 0.415 e. The minimum absolute atomic E-state index is 0.0433. The number of nitrogens with two attached hydrogens (primary N) is 1. The fourth-order valence-electron chi connectivity index (χ4n) is 1.15. The van der Waals surface area contributed by atoms with Crippen LogP contribution in [0.3, 0.4) is 0 Å². The molecule has 0 spiro atoms. The van der Waals surface area contributed by atoms with E-state index in [1.165, 1.54) is 0 Å². The molecule has 2 N–H and O–H groups in total. The van der Waals surface area contributed by atoms with Crippen molar-refractivity contribution in [2.45, 2.75) is 18.7 Å². The Morgan fingerprint density at radius 2 is 2.12 bits per heavy atom. The zero-order valence-electron chi connectivity index (χ0n) is 8.57. The average Bonchev–Trinajstić information content (AvgIpc) is 2.24. The Balaban J connectivity index is 2.35. The normalized spacial score (nSPS) is 13.8. The van der Waals surface area contributed by atoms with E-state index < -0.39 is 18.8 Å². The lowest BCUT2D eigenvalue weighted by atomic mass is 10.3. The molecule has 0 aliphatic rings. The molecule has 0 amide bonds. The Morgan fingerprint density at radius 1 is 1.38 bits per heavy atom. The Hall–Kier alpha value is -1.14. The van der Waals surface area contributed by atoms with Crippen molar-refractivity contribution < 1.29 is 17.9 Å². The lowest BCUT2D eigenvalue weighted by Crippen LogP contribution is -2.38. The molecule has 0 fully saturated rings. The van der Waals surface area contributed by atoms with Gasteiger partial charge in [0.15, 0.2) is 6.10 Å². The van der Waals surface area contributed by atoms with Gasteiger partial charge in [-0.25, -0.2) is 0 Å². The van der Waals surface area contributed by atoms with E-state index in [0.29, 0.717) is 12.1 Å². The number of hydrogen-bond acceptors (Lipinski definition) is 3. The minimum Gasteiger partial charge on any atom is -0.367 e. The standard InChI is InChI=1S/C10H13F3N2O/c11-10(12,13)9(7-14)16-6-4-8-3-1-2-5-15-8/h1-3,5,9H,4,6-7,14H2. The molecule has 1 aromatic heterocycles.